The summed E-state index contributed by atoms with van der Waals surface area (Å²) in [6.45, 7) is 8.35. The van der Waals surface area contributed by atoms with Crippen LogP contribution in [0.25, 0.3) is 0 Å². The number of carboxylic acids is 1. The Morgan fingerprint density at radius 3 is 2.18 bits per heavy atom. The molecular formula is C17H26N2O3. The summed E-state index contributed by atoms with van der Waals surface area (Å²) in [7, 11) is 0. The molecule has 0 aromatic rings. The van der Waals surface area contributed by atoms with Crippen molar-refractivity contribution >= 4 is 12.0 Å². The molecule has 0 saturated heterocycles. The van der Waals surface area contributed by atoms with Crippen molar-refractivity contribution in [3.8, 4) is 0 Å². The van der Waals surface area contributed by atoms with Crippen molar-refractivity contribution in [2.24, 2.45) is 11.3 Å². The summed E-state index contributed by atoms with van der Waals surface area (Å²) in [5.41, 5.74) is 0.269. The second kappa shape index (κ2) is 6.99. The van der Waals surface area contributed by atoms with Gasteiger partial charge in [-0.2, -0.15) is 0 Å². The lowest BCUT2D eigenvalue weighted by Gasteiger charge is -2.51. The van der Waals surface area contributed by atoms with Crippen LogP contribution in [0.15, 0.2) is 25.3 Å². The van der Waals surface area contributed by atoms with Gasteiger partial charge in [0.25, 0.3) is 0 Å². The zero-order valence-electron chi connectivity index (χ0n) is 13.1. The van der Waals surface area contributed by atoms with Crippen molar-refractivity contribution in [1.82, 2.24) is 10.2 Å². The molecule has 5 heteroatoms. The molecule has 0 aromatic carbocycles. The highest BCUT2D eigenvalue weighted by Gasteiger charge is 2.47. The first-order valence-electron chi connectivity index (χ1n) is 8.00. The van der Waals surface area contributed by atoms with Crippen LogP contribution < -0.4 is 5.32 Å². The first kappa shape index (κ1) is 16.6. The Labute approximate surface area is 132 Å². The van der Waals surface area contributed by atoms with E-state index in [9.17, 15) is 9.59 Å². The first-order chi connectivity index (χ1) is 10.5. The number of hydrogen-bond acceptors (Lipinski definition) is 2. The lowest BCUT2D eigenvalue weighted by atomic mass is 9.57. The maximum absolute atomic E-state index is 12.2. The zero-order valence-corrected chi connectivity index (χ0v) is 13.1. The predicted molar refractivity (Wildman–Crippen MR) is 85.5 cm³/mol. The van der Waals surface area contributed by atoms with Crippen LogP contribution in [-0.2, 0) is 4.79 Å². The first-order valence-corrected chi connectivity index (χ1v) is 8.00. The summed E-state index contributed by atoms with van der Waals surface area (Å²) in [6.07, 6.45) is 8.85. The Kier molecular flexibility index (Phi) is 5.27. The average molecular weight is 306 g/mol. The number of hydrogen-bond donors (Lipinski definition) is 2. The smallest absolute Gasteiger partial charge is 0.318 e. The number of aliphatic carboxylic acids is 1. The van der Waals surface area contributed by atoms with Gasteiger partial charge in [0, 0.05) is 19.1 Å². The molecule has 2 fully saturated rings. The molecule has 0 atom stereocenters. The molecular weight excluding hydrogens is 280 g/mol. The molecule has 0 aromatic heterocycles. The van der Waals surface area contributed by atoms with Crippen LogP contribution in [0.1, 0.15) is 38.5 Å². The number of nitrogens with zero attached hydrogens (tertiary/aromatic N) is 1. The molecule has 22 heavy (non-hydrogen) atoms. The van der Waals surface area contributed by atoms with E-state index in [4.69, 9.17) is 5.11 Å². The molecule has 2 N–H and O–H groups in total. The molecule has 122 valence electrons. The van der Waals surface area contributed by atoms with Gasteiger partial charge in [-0.25, -0.2) is 4.79 Å². The monoisotopic (exact) mass is 306 g/mol. The van der Waals surface area contributed by atoms with Crippen molar-refractivity contribution in [3.63, 3.8) is 0 Å². The molecule has 0 bridgehead atoms. The van der Waals surface area contributed by atoms with Gasteiger partial charge in [0.1, 0.15) is 0 Å². The van der Waals surface area contributed by atoms with Crippen molar-refractivity contribution in [2.75, 3.05) is 13.1 Å². The van der Waals surface area contributed by atoms with Crippen LogP contribution in [0.4, 0.5) is 4.79 Å². The van der Waals surface area contributed by atoms with Gasteiger partial charge in [-0.05, 0) is 43.9 Å². The van der Waals surface area contributed by atoms with Gasteiger partial charge < -0.3 is 15.3 Å². The highest BCUT2D eigenvalue weighted by atomic mass is 16.4. The molecule has 0 unspecified atom stereocenters. The van der Waals surface area contributed by atoms with Crippen LogP contribution in [0, 0.1) is 11.3 Å². The summed E-state index contributed by atoms with van der Waals surface area (Å²) in [4.78, 5) is 24.9. The SMILES string of the molecule is C=CCN(CC=C)C(=O)NC1CC2(CCC(C(=O)O)CC2)C1. The van der Waals surface area contributed by atoms with Crippen molar-refractivity contribution in [2.45, 2.75) is 44.6 Å². The molecule has 0 aliphatic heterocycles. The van der Waals surface area contributed by atoms with Gasteiger partial charge >= 0.3 is 12.0 Å². The second-order valence-corrected chi connectivity index (χ2v) is 6.65. The zero-order chi connectivity index (χ0) is 16.2. The molecule has 2 aliphatic carbocycles. The van der Waals surface area contributed by atoms with Crippen molar-refractivity contribution in [3.05, 3.63) is 25.3 Å². The molecule has 2 rings (SSSR count). The van der Waals surface area contributed by atoms with E-state index >= 15 is 0 Å². The topological polar surface area (TPSA) is 69.6 Å². The van der Waals surface area contributed by atoms with E-state index in [1.165, 1.54) is 0 Å². The number of carboxylic acid groups (broad SMARTS) is 1. The quantitative estimate of drug-likeness (QED) is 0.741. The van der Waals surface area contributed by atoms with Gasteiger partial charge in [0.15, 0.2) is 0 Å². The average Bonchev–Trinajstić information content (AvgIpc) is 2.45. The molecule has 2 saturated carbocycles. The fraction of sp³-hybridized carbons (Fsp3) is 0.647. The molecule has 0 radical (unpaired) electrons. The summed E-state index contributed by atoms with van der Waals surface area (Å²) in [5, 5.41) is 12.1. The standard InChI is InChI=1S/C17H26N2O3/c1-3-9-19(10-4-2)16(22)18-14-11-17(12-14)7-5-13(6-8-17)15(20)21/h3-4,13-14H,1-2,5-12H2,(H,18,22)(H,20,21). The van der Waals surface area contributed by atoms with E-state index in [1.807, 2.05) is 0 Å². The second-order valence-electron chi connectivity index (χ2n) is 6.65. The molecule has 2 amide bonds. The van der Waals surface area contributed by atoms with E-state index in [-0.39, 0.29) is 23.4 Å². The van der Waals surface area contributed by atoms with Crippen LogP contribution in [-0.4, -0.2) is 41.1 Å². The number of nitrogens with one attached hydrogen (secondary N) is 1. The van der Waals surface area contributed by atoms with Gasteiger partial charge in [-0.1, -0.05) is 12.2 Å². The van der Waals surface area contributed by atoms with Gasteiger partial charge in [-0.3, -0.25) is 4.79 Å². The van der Waals surface area contributed by atoms with Gasteiger partial charge in [-0.15, -0.1) is 13.2 Å². The summed E-state index contributed by atoms with van der Waals surface area (Å²) < 4.78 is 0. The summed E-state index contributed by atoms with van der Waals surface area (Å²) in [6, 6.07) is 0.143. The Balaban J connectivity index is 1.77. The van der Waals surface area contributed by atoms with Crippen LogP contribution >= 0.6 is 0 Å². The minimum absolute atomic E-state index is 0.0705. The predicted octanol–water partition coefficient (Wildman–Crippen LogP) is 2.79. The number of carbonyl (C=O) groups excluding carboxylic acids is 1. The fourth-order valence-corrected chi connectivity index (χ4v) is 3.79. The molecule has 1 spiro atoms. The van der Waals surface area contributed by atoms with E-state index in [0.29, 0.717) is 13.1 Å². The van der Waals surface area contributed by atoms with E-state index in [2.05, 4.69) is 18.5 Å². The Hall–Kier alpha value is -1.78. The molecule has 0 heterocycles. The normalized spacial score (nSPS) is 30.2. The maximum atomic E-state index is 12.2. The minimum atomic E-state index is -0.663. The van der Waals surface area contributed by atoms with E-state index < -0.39 is 5.97 Å². The van der Waals surface area contributed by atoms with Crippen LogP contribution in [0.5, 0.6) is 0 Å². The van der Waals surface area contributed by atoms with Crippen LogP contribution in [0.3, 0.4) is 0 Å². The number of carbonyl (C=O) groups is 2. The van der Waals surface area contributed by atoms with Crippen molar-refractivity contribution < 1.29 is 14.7 Å². The lowest BCUT2D eigenvalue weighted by molar-refractivity contribution is -0.144. The van der Waals surface area contributed by atoms with Gasteiger partial charge in [0.2, 0.25) is 0 Å². The Morgan fingerprint density at radius 1 is 1.18 bits per heavy atom. The van der Waals surface area contributed by atoms with E-state index in [0.717, 1.165) is 38.5 Å². The highest BCUT2D eigenvalue weighted by molar-refractivity contribution is 5.75. The molecule has 2 aliphatic rings. The van der Waals surface area contributed by atoms with Gasteiger partial charge in [0.05, 0.1) is 5.92 Å². The van der Waals surface area contributed by atoms with E-state index in [1.54, 1.807) is 17.1 Å². The third-order valence-corrected chi connectivity index (χ3v) is 5.07. The lowest BCUT2D eigenvalue weighted by Crippen LogP contribution is -2.55. The number of amides is 2. The highest BCUT2D eigenvalue weighted by Crippen LogP contribution is 2.52. The maximum Gasteiger partial charge on any atom is 0.318 e. The Morgan fingerprint density at radius 2 is 1.73 bits per heavy atom. The summed E-state index contributed by atoms with van der Waals surface area (Å²) in [5.74, 6) is -0.835. The Bertz CT molecular complexity index is 435. The fourth-order valence-electron chi connectivity index (χ4n) is 3.79. The summed E-state index contributed by atoms with van der Waals surface area (Å²) >= 11 is 0. The van der Waals surface area contributed by atoms with Crippen LogP contribution in [0.2, 0.25) is 0 Å². The third-order valence-electron chi connectivity index (χ3n) is 5.07. The van der Waals surface area contributed by atoms with Crippen molar-refractivity contribution in [1.29, 1.82) is 0 Å². The number of urea groups is 1. The number of rotatable bonds is 6. The largest absolute Gasteiger partial charge is 0.481 e. The minimum Gasteiger partial charge on any atom is -0.481 e. The third kappa shape index (κ3) is 3.70. The molecule has 5 nitrogen and oxygen atoms in total.